The summed E-state index contributed by atoms with van der Waals surface area (Å²) in [5.41, 5.74) is 1.37. The first-order chi connectivity index (χ1) is 6.16. The molecular weight excluding hydrogens is 156 g/mol. The smallest absolute Gasteiger partial charge is 0.0285 e. The van der Waals surface area contributed by atoms with Crippen molar-refractivity contribution in [2.75, 3.05) is 0 Å². The van der Waals surface area contributed by atoms with Gasteiger partial charge in [-0.05, 0) is 32.1 Å². The maximum atomic E-state index is 3.70. The van der Waals surface area contributed by atoms with Gasteiger partial charge in [0, 0.05) is 0 Å². The molecule has 0 fully saturated rings. The second-order valence-electron chi connectivity index (χ2n) is 3.78. The van der Waals surface area contributed by atoms with Crippen LogP contribution < -0.4 is 0 Å². The van der Waals surface area contributed by atoms with E-state index >= 15 is 0 Å². The van der Waals surface area contributed by atoms with Gasteiger partial charge in [-0.25, -0.2) is 0 Å². The lowest BCUT2D eigenvalue weighted by atomic mass is 10.1. The third kappa shape index (κ3) is 9.13. The van der Waals surface area contributed by atoms with Crippen molar-refractivity contribution >= 4 is 0 Å². The fraction of sp³-hybridized carbons (Fsp3) is 0.538. The van der Waals surface area contributed by atoms with Crippen molar-refractivity contribution in [3.63, 3.8) is 0 Å². The molecule has 0 spiro atoms. The zero-order chi connectivity index (χ0) is 10.1. The lowest BCUT2D eigenvalue weighted by molar-refractivity contribution is 0.824. The van der Waals surface area contributed by atoms with Gasteiger partial charge in [0.1, 0.15) is 0 Å². The van der Waals surface area contributed by atoms with Crippen LogP contribution in [0, 0.1) is 5.92 Å². The summed E-state index contributed by atoms with van der Waals surface area (Å²) in [5.74, 6) is 0.651. The molecule has 0 bridgehead atoms. The van der Waals surface area contributed by atoms with E-state index in [1.807, 2.05) is 6.08 Å². The Morgan fingerprint density at radius 1 is 1.31 bits per heavy atom. The summed E-state index contributed by atoms with van der Waals surface area (Å²) in [7, 11) is 0. The highest BCUT2D eigenvalue weighted by atomic mass is 13.9. The lowest BCUT2D eigenvalue weighted by Crippen LogP contribution is -1.80. The van der Waals surface area contributed by atoms with Crippen molar-refractivity contribution in [1.29, 1.82) is 0 Å². The van der Waals surface area contributed by atoms with E-state index in [9.17, 15) is 0 Å². The Bertz CT molecular complexity index is 182. The van der Waals surface area contributed by atoms with Gasteiger partial charge in [0.15, 0.2) is 0 Å². The molecule has 0 heteroatoms. The van der Waals surface area contributed by atoms with E-state index in [2.05, 4.69) is 45.6 Å². The molecule has 0 atom stereocenters. The quantitative estimate of drug-likeness (QED) is 0.319. The molecule has 0 nitrogen and oxygen atoms in total. The minimum absolute atomic E-state index is 0.651. The molecule has 0 aromatic heterocycles. The molecule has 13 heavy (non-hydrogen) atoms. The minimum atomic E-state index is 0.651. The van der Waals surface area contributed by atoms with Gasteiger partial charge in [-0.2, -0.15) is 0 Å². The summed E-state index contributed by atoms with van der Waals surface area (Å²) in [6, 6.07) is 0. The Hall–Kier alpha value is -0.780. The average Bonchev–Trinajstić information content (AvgIpc) is 2.02. The predicted octanol–water partition coefficient (Wildman–Crippen LogP) is 4.50. The molecule has 0 radical (unpaired) electrons. The molecule has 0 unspecified atom stereocenters. The van der Waals surface area contributed by atoms with Crippen molar-refractivity contribution in [3.8, 4) is 0 Å². The van der Waals surface area contributed by atoms with E-state index in [1.54, 1.807) is 0 Å². The van der Waals surface area contributed by atoms with E-state index in [-0.39, 0.29) is 0 Å². The number of hydrogen-bond donors (Lipinski definition) is 0. The Morgan fingerprint density at radius 2 is 2.00 bits per heavy atom. The molecule has 0 aliphatic carbocycles. The molecule has 74 valence electrons. The Morgan fingerprint density at radius 3 is 2.54 bits per heavy atom. The maximum Gasteiger partial charge on any atom is -0.0285 e. The molecule has 0 aliphatic heterocycles. The van der Waals surface area contributed by atoms with E-state index in [0.717, 1.165) is 12.8 Å². The van der Waals surface area contributed by atoms with Crippen LogP contribution in [0.2, 0.25) is 0 Å². The van der Waals surface area contributed by atoms with Crippen LogP contribution in [0.3, 0.4) is 0 Å². The van der Waals surface area contributed by atoms with E-state index < -0.39 is 0 Å². The molecule has 0 aromatic rings. The van der Waals surface area contributed by atoms with Crippen LogP contribution in [-0.4, -0.2) is 0 Å². The first-order valence-corrected chi connectivity index (χ1v) is 5.12. The molecule has 0 aromatic carbocycles. The Balaban J connectivity index is 3.64. The van der Waals surface area contributed by atoms with Gasteiger partial charge in [-0.15, -0.1) is 6.58 Å². The summed E-state index contributed by atoms with van der Waals surface area (Å²) in [4.78, 5) is 0. The van der Waals surface area contributed by atoms with Crippen LogP contribution in [0.1, 0.15) is 40.0 Å². The fourth-order valence-corrected chi connectivity index (χ4v) is 1.23. The number of rotatable bonds is 6. The highest BCUT2D eigenvalue weighted by molar-refractivity contribution is 5.16. The van der Waals surface area contributed by atoms with Crippen molar-refractivity contribution in [1.82, 2.24) is 0 Å². The van der Waals surface area contributed by atoms with Gasteiger partial charge in [0.05, 0.1) is 0 Å². The minimum Gasteiger partial charge on any atom is -0.103 e. The van der Waals surface area contributed by atoms with Gasteiger partial charge >= 0.3 is 0 Å². The first-order valence-electron chi connectivity index (χ1n) is 5.12. The topological polar surface area (TPSA) is 0 Å². The second kappa shape index (κ2) is 7.85. The summed E-state index contributed by atoms with van der Waals surface area (Å²) >= 11 is 0. The lowest BCUT2D eigenvalue weighted by Gasteiger charge is -1.96. The van der Waals surface area contributed by atoms with Crippen LogP contribution in [0.15, 0.2) is 36.5 Å². The van der Waals surface area contributed by atoms with Crippen LogP contribution >= 0.6 is 0 Å². The zero-order valence-corrected chi connectivity index (χ0v) is 9.22. The first kappa shape index (κ1) is 12.2. The summed E-state index contributed by atoms with van der Waals surface area (Å²) in [6.45, 7) is 10.3. The average molecular weight is 178 g/mol. The molecule has 0 rings (SSSR count). The van der Waals surface area contributed by atoms with Crippen LogP contribution in [0.25, 0.3) is 0 Å². The highest BCUT2D eigenvalue weighted by Crippen LogP contribution is 2.04. The standard InChI is InChI=1S/C13H22/c1-5-6-7-8-9-10-13(4)11-12(2)3/h5,9-12H,1,6-8H2,2-4H3/b10-9+,13-11+. The normalized spacial score (nSPS) is 12.8. The van der Waals surface area contributed by atoms with Crippen LogP contribution in [0.5, 0.6) is 0 Å². The van der Waals surface area contributed by atoms with E-state index in [1.165, 1.54) is 12.0 Å². The molecule has 0 amide bonds. The van der Waals surface area contributed by atoms with Gasteiger partial charge < -0.3 is 0 Å². The summed E-state index contributed by atoms with van der Waals surface area (Å²) in [5, 5.41) is 0. The van der Waals surface area contributed by atoms with Gasteiger partial charge in [-0.1, -0.05) is 43.7 Å². The maximum absolute atomic E-state index is 3.70. The second-order valence-corrected chi connectivity index (χ2v) is 3.78. The third-order valence-electron chi connectivity index (χ3n) is 1.76. The monoisotopic (exact) mass is 178 g/mol. The SMILES string of the molecule is C=CCCC/C=C/C(C)=C/C(C)C. The summed E-state index contributed by atoms with van der Waals surface area (Å²) in [6.07, 6.45) is 12.2. The molecule has 0 N–H and O–H groups in total. The molecule has 0 saturated carbocycles. The Labute approximate surface area is 83.0 Å². The molecule has 0 heterocycles. The largest absolute Gasteiger partial charge is 0.103 e. The number of allylic oxidation sites excluding steroid dienone is 5. The number of hydrogen-bond acceptors (Lipinski definition) is 0. The van der Waals surface area contributed by atoms with Crippen LogP contribution in [0.4, 0.5) is 0 Å². The molecular formula is C13H22. The van der Waals surface area contributed by atoms with Gasteiger partial charge in [0.25, 0.3) is 0 Å². The van der Waals surface area contributed by atoms with E-state index in [0.29, 0.717) is 5.92 Å². The van der Waals surface area contributed by atoms with Crippen molar-refractivity contribution in [3.05, 3.63) is 36.5 Å². The van der Waals surface area contributed by atoms with Crippen molar-refractivity contribution in [2.24, 2.45) is 5.92 Å². The van der Waals surface area contributed by atoms with Crippen molar-refractivity contribution in [2.45, 2.75) is 40.0 Å². The molecule has 0 aliphatic rings. The van der Waals surface area contributed by atoms with Crippen molar-refractivity contribution < 1.29 is 0 Å². The Kier molecular flexibility index (Phi) is 7.38. The zero-order valence-electron chi connectivity index (χ0n) is 9.22. The third-order valence-corrected chi connectivity index (χ3v) is 1.76. The van der Waals surface area contributed by atoms with E-state index in [4.69, 9.17) is 0 Å². The van der Waals surface area contributed by atoms with Gasteiger partial charge in [-0.3, -0.25) is 0 Å². The highest BCUT2D eigenvalue weighted by Gasteiger charge is 1.86. The summed E-state index contributed by atoms with van der Waals surface area (Å²) < 4.78 is 0. The van der Waals surface area contributed by atoms with Gasteiger partial charge in [0.2, 0.25) is 0 Å². The fourth-order valence-electron chi connectivity index (χ4n) is 1.23. The molecule has 0 saturated heterocycles. The number of unbranched alkanes of at least 4 members (excludes halogenated alkanes) is 2. The van der Waals surface area contributed by atoms with Crippen LogP contribution in [-0.2, 0) is 0 Å². The predicted molar refractivity (Wildman–Crippen MR) is 61.8 cm³/mol.